The molecule has 0 aliphatic carbocycles. The highest BCUT2D eigenvalue weighted by atomic mass is 35.5. The first-order chi connectivity index (χ1) is 8.26. The molecule has 1 atom stereocenters. The normalized spacial score (nSPS) is 11.5. The maximum atomic E-state index is 6.21. The molecular formula is C13H16ClNO2S. The zero-order valence-electron chi connectivity index (χ0n) is 10.3. The van der Waals surface area contributed by atoms with E-state index in [0.717, 1.165) is 22.6 Å². The van der Waals surface area contributed by atoms with Gasteiger partial charge in [0.05, 0.1) is 20.3 Å². The lowest BCUT2D eigenvalue weighted by Gasteiger charge is -2.15. The summed E-state index contributed by atoms with van der Waals surface area (Å²) >= 11 is 1.64. The van der Waals surface area contributed by atoms with Crippen LogP contribution in [0.4, 0.5) is 0 Å². The Labute approximate surface area is 117 Å². The van der Waals surface area contributed by atoms with E-state index in [1.165, 1.54) is 0 Å². The van der Waals surface area contributed by atoms with Gasteiger partial charge in [-0.2, -0.15) is 11.3 Å². The van der Waals surface area contributed by atoms with Crippen LogP contribution in [0.25, 0.3) is 0 Å². The lowest BCUT2D eigenvalue weighted by atomic mass is 10.0. The maximum absolute atomic E-state index is 6.21. The van der Waals surface area contributed by atoms with Crippen molar-refractivity contribution in [1.82, 2.24) is 0 Å². The molecule has 0 spiro atoms. The Hall–Kier alpha value is -1.23. The first-order valence-electron chi connectivity index (χ1n) is 5.26. The van der Waals surface area contributed by atoms with Crippen LogP contribution in [-0.4, -0.2) is 14.2 Å². The molecule has 3 nitrogen and oxygen atoms in total. The third kappa shape index (κ3) is 2.96. The molecule has 0 bridgehead atoms. The number of hydrogen-bond donors (Lipinski definition) is 1. The summed E-state index contributed by atoms with van der Waals surface area (Å²) in [6.07, 6.45) is 0. The summed E-state index contributed by atoms with van der Waals surface area (Å²) in [7, 11) is 3.27. The molecule has 2 rings (SSSR count). The Bertz CT molecular complexity index is 488. The van der Waals surface area contributed by atoms with E-state index >= 15 is 0 Å². The lowest BCUT2D eigenvalue weighted by Crippen LogP contribution is -2.12. The van der Waals surface area contributed by atoms with Crippen molar-refractivity contribution in [3.05, 3.63) is 46.2 Å². The fourth-order valence-corrected chi connectivity index (χ4v) is 2.40. The van der Waals surface area contributed by atoms with Gasteiger partial charge < -0.3 is 15.2 Å². The van der Waals surface area contributed by atoms with E-state index in [1.807, 2.05) is 35.0 Å². The number of methoxy groups -OCH3 is 2. The highest BCUT2D eigenvalue weighted by Crippen LogP contribution is 2.32. The third-order valence-corrected chi connectivity index (χ3v) is 3.38. The third-order valence-electron chi connectivity index (χ3n) is 2.68. The number of thiophene rings is 1. The van der Waals surface area contributed by atoms with Gasteiger partial charge in [0.25, 0.3) is 0 Å². The Morgan fingerprint density at radius 3 is 2.50 bits per heavy atom. The van der Waals surface area contributed by atoms with E-state index in [9.17, 15) is 0 Å². The van der Waals surface area contributed by atoms with Gasteiger partial charge in [0, 0.05) is 11.6 Å². The quantitative estimate of drug-likeness (QED) is 0.938. The topological polar surface area (TPSA) is 44.5 Å². The molecule has 2 aromatic rings. The molecule has 0 aliphatic rings. The van der Waals surface area contributed by atoms with E-state index in [0.29, 0.717) is 0 Å². The standard InChI is InChI=1S/C13H15NO2S.ClH/c1-15-10-3-4-11(12(7-10)16-2)13(14)9-5-6-17-8-9;/h3-8,13H,14H2,1-2H3;1H/t13-;/m1./s1. The summed E-state index contributed by atoms with van der Waals surface area (Å²) in [4.78, 5) is 0. The Morgan fingerprint density at radius 1 is 1.17 bits per heavy atom. The molecule has 1 heterocycles. The van der Waals surface area contributed by atoms with Gasteiger partial charge in [0.15, 0.2) is 0 Å². The average molecular weight is 286 g/mol. The van der Waals surface area contributed by atoms with Crippen molar-refractivity contribution in [3.63, 3.8) is 0 Å². The average Bonchev–Trinajstić information content (AvgIpc) is 2.91. The fraction of sp³-hybridized carbons (Fsp3) is 0.231. The summed E-state index contributed by atoms with van der Waals surface area (Å²) in [5.74, 6) is 1.52. The summed E-state index contributed by atoms with van der Waals surface area (Å²) in [5, 5.41) is 4.07. The van der Waals surface area contributed by atoms with Gasteiger partial charge in [-0.3, -0.25) is 0 Å². The summed E-state index contributed by atoms with van der Waals surface area (Å²) < 4.78 is 10.5. The second-order valence-electron chi connectivity index (χ2n) is 3.64. The SMILES string of the molecule is COc1ccc([C@H](N)c2ccsc2)c(OC)c1.Cl. The number of halogens is 1. The molecule has 98 valence electrons. The van der Waals surface area contributed by atoms with Gasteiger partial charge in [-0.25, -0.2) is 0 Å². The van der Waals surface area contributed by atoms with Crippen LogP contribution in [0.1, 0.15) is 17.2 Å². The highest BCUT2D eigenvalue weighted by Gasteiger charge is 2.14. The zero-order valence-corrected chi connectivity index (χ0v) is 11.9. The summed E-state index contributed by atoms with van der Waals surface area (Å²) in [5.41, 5.74) is 8.27. The van der Waals surface area contributed by atoms with E-state index in [-0.39, 0.29) is 18.4 Å². The fourth-order valence-electron chi connectivity index (χ4n) is 1.71. The van der Waals surface area contributed by atoms with Crippen LogP contribution in [0.3, 0.4) is 0 Å². The second kappa shape index (κ2) is 6.64. The van der Waals surface area contributed by atoms with Gasteiger partial charge in [-0.1, -0.05) is 0 Å². The minimum Gasteiger partial charge on any atom is -0.497 e. The molecule has 0 saturated heterocycles. The minimum absolute atomic E-state index is 0. The molecule has 0 aliphatic heterocycles. The largest absolute Gasteiger partial charge is 0.497 e. The molecule has 0 amide bonds. The molecule has 0 saturated carbocycles. The van der Waals surface area contributed by atoms with Crippen molar-refractivity contribution in [2.24, 2.45) is 5.73 Å². The Kier molecular flexibility index (Phi) is 5.47. The molecule has 5 heteroatoms. The molecule has 0 radical (unpaired) electrons. The van der Waals surface area contributed by atoms with Crippen LogP contribution >= 0.6 is 23.7 Å². The number of rotatable bonds is 4. The smallest absolute Gasteiger partial charge is 0.127 e. The highest BCUT2D eigenvalue weighted by molar-refractivity contribution is 7.08. The van der Waals surface area contributed by atoms with Crippen LogP contribution in [0, 0.1) is 0 Å². The number of nitrogens with two attached hydrogens (primary N) is 1. The van der Waals surface area contributed by atoms with Crippen LogP contribution in [-0.2, 0) is 0 Å². The molecule has 18 heavy (non-hydrogen) atoms. The van der Waals surface area contributed by atoms with Crippen LogP contribution in [0.2, 0.25) is 0 Å². The van der Waals surface area contributed by atoms with Crippen molar-refractivity contribution in [2.75, 3.05) is 14.2 Å². The van der Waals surface area contributed by atoms with Crippen molar-refractivity contribution in [3.8, 4) is 11.5 Å². The first kappa shape index (κ1) is 14.8. The van der Waals surface area contributed by atoms with Crippen molar-refractivity contribution >= 4 is 23.7 Å². The van der Waals surface area contributed by atoms with Gasteiger partial charge in [0.1, 0.15) is 11.5 Å². The molecule has 0 fully saturated rings. The van der Waals surface area contributed by atoms with Gasteiger partial charge in [0.2, 0.25) is 0 Å². The predicted octanol–water partition coefficient (Wildman–Crippen LogP) is 3.24. The summed E-state index contributed by atoms with van der Waals surface area (Å²) in [6.45, 7) is 0. The Balaban J connectivity index is 0.00000162. The zero-order chi connectivity index (χ0) is 12.3. The maximum Gasteiger partial charge on any atom is 0.127 e. The van der Waals surface area contributed by atoms with E-state index in [1.54, 1.807) is 25.6 Å². The van der Waals surface area contributed by atoms with Gasteiger partial charge >= 0.3 is 0 Å². The van der Waals surface area contributed by atoms with Crippen molar-refractivity contribution in [2.45, 2.75) is 6.04 Å². The van der Waals surface area contributed by atoms with Crippen molar-refractivity contribution in [1.29, 1.82) is 0 Å². The van der Waals surface area contributed by atoms with E-state index < -0.39 is 0 Å². The van der Waals surface area contributed by atoms with E-state index in [4.69, 9.17) is 15.2 Å². The number of ether oxygens (including phenoxy) is 2. The van der Waals surface area contributed by atoms with Gasteiger partial charge in [-0.15, -0.1) is 12.4 Å². The first-order valence-corrected chi connectivity index (χ1v) is 6.20. The second-order valence-corrected chi connectivity index (χ2v) is 4.42. The molecule has 1 aromatic carbocycles. The molecular weight excluding hydrogens is 270 g/mol. The minimum atomic E-state index is -0.165. The van der Waals surface area contributed by atoms with Crippen LogP contribution in [0.5, 0.6) is 11.5 Å². The predicted molar refractivity (Wildman–Crippen MR) is 77.1 cm³/mol. The van der Waals surface area contributed by atoms with Crippen LogP contribution in [0.15, 0.2) is 35.0 Å². The van der Waals surface area contributed by atoms with Crippen LogP contribution < -0.4 is 15.2 Å². The van der Waals surface area contributed by atoms with Crippen molar-refractivity contribution < 1.29 is 9.47 Å². The summed E-state index contributed by atoms with van der Waals surface area (Å²) in [6, 6.07) is 7.55. The van der Waals surface area contributed by atoms with E-state index in [2.05, 4.69) is 0 Å². The number of hydrogen-bond acceptors (Lipinski definition) is 4. The molecule has 1 aromatic heterocycles. The monoisotopic (exact) mass is 285 g/mol. The molecule has 0 unspecified atom stereocenters. The molecule has 2 N–H and O–H groups in total. The lowest BCUT2D eigenvalue weighted by molar-refractivity contribution is 0.390. The Morgan fingerprint density at radius 2 is 1.94 bits per heavy atom. The number of benzene rings is 1. The van der Waals surface area contributed by atoms with Gasteiger partial charge in [-0.05, 0) is 34.5 Å².